The molecule has 45 heavy (non-hydrogen) atoms. The van der Waals surface area contributed by atoms with Crippen LogP contribution in [0.15, 0.2) is 55.2 Å². The molecule has 0 atom stereocenters. The number of halogens is 3. The minimum absolute atomic E-state index is 0.149. The third-order valence-electron chi connectivity index (χ3n) is 6.74. The fourth-order valence-electron chi connectivity index (χ4n) is 4.36. The van der Waals surface area contributed by atoms with Crippen molar-refractivity contribution in [2.24, 2.45) is 0 Å². The number of hydrogen-bond donors (Lipinski definition) is 2. The van der Waals surface area contributed by atoms with Crippen LogP contribution in [0.25, 0.3) is 0 Å². The summed E-state index contributed by atoms with van der Waals surface area (Å²) >= 11 is 0. The highest BCUT2D eigenvalue weighted by atomic mass is 19.4. The summed E-state index contributed by atoms with van der Waals surface area (Å²) in [6.45, 7) is 13.3. The van der Waals surface area contributed by atoms with Crippen LogP contribution in [0.5, 0.6) is 11.6 Å². The van der Waals surface area contributed by atoms with E-state index in [9.17, 15) is 22.8 Å². The Hall–Kier alpha value is -4.70. The summed E-state index contributed by atoms with van der Waals surface area (Å²) in [5.41, 5.74) is 1.45. The van der Waals surface area contributed by atoms with Crippen molar-refractivity contribution in [1.82, 2.24) is 24.6 Å². The Bertz CT molecular complexity index is 1470. The molecule has 0 saturated carbocycles. The van der Waals surface area contributed by atoms with Gasteiger partial charge in [-0.15, -0.1) is 0 Å². The summed E-state index contributed by atoms with van der Waals surface area (Å²) in [7, 11) is 0. The number of benzene rings is 1. The van der Waals surface area contributed by atoms with Crippen molar-refractivity contribution in [2.45, 2.75) is 33.0 Å². The smallest absolute Gasteiger partial charge is 0.437 e. The largest absolute Gasteiger partial charge is 0.491 e. The molecule has 0 unspecified atom stereocenters. The van der Waals surface area contributed by atoms with E-state index >= 15 is 0 Å². The highest BCUT2D eigenvalue weighted by Gasteiger charge is 2.42. The van der Waals surface area contributed by atoms with Crippen LogP contribution in [-0.2, 0) is 25.6 Å². The molecule has 13 nitrogen and oxygen atoms in total. The molecule has 3 aromatic rings. The van der Waals surface area contributed by atoms with Crippen molar-refractivity contribution in [2.75, 3.05) is 61.5 Å². The lowest BCUT2D eigenvalue weighted by atomic mass is 10.3. The zero-order valence-corrected chi connectivity index (χ0v) is 25.0. The molecule has 0 spiro atoms. The number of esters is 1. The van der Waals surface area contributed by atoms with Crippen LogP contribution in [0, 0.1) is 0 Å². The number of carbonyl (C=O) groups is 2. The quantitative estimate of drug-likeness (QED) is 0.149. The summed E-state index contributed by atoms with van der Waals surface area (Å²) in [5, 5.41) is 9.90. The van der Waals surface area contributed by atoms with Gasteiger partial charge in [-0.3, -0.25) is 9.48 Å². The number of carbonyl (C=O) groups excluding carboxylic acids is 2. The van der Waals surface area contributed by atoms with Crippen molar-refractivity contribution in [3.63, 3.8) is 0 Å². The summed E-state index contributed by atoms with van der Waals surface area (Å²) in [6.07, 6.45) is 0.871. The predicted octanol–water partition coefficient (Wildman–Crippen LogP) is 4.34. The van der Waals surface area contributed by atoms with Gasteiger partial charge in [0.15, 0.2) is 5.76 Å². The van der Waals surface area contributed by atoms with Gasteiger partial charge in [0, 0.05) is 37.6 Å². The Morgan fingerprint density at radius 1 is 1.13 bits per heavy atom. The number of alkyl halides is 3. The van der Waals surface area contributed by atoms with Gasteiger partial charge in [0.25, 0.3) is 5.91 Å². The maximum absolute atomic E-state index is 12.5. The molecule has 1 aromatic carbocycles. The van der Waals surface area contributed by atoms with Crippen LogP contribution < -0.4 is 20.3 Å². The van der Waals surface area contributed by atoms with Gasteiger partial charge in [0.05, 0.1) is 31.3 Å². The van der Waals surface area contributed by atoms with E-state index in [1.54, 1.807) is 24.5 Å². The minimum atomic E-state index is -5.27. The van der Waals surface area contributed by atoms with Crippen LogP contribution in [-0.4, -0.2) is 88.6 Å². The maximum Gasteiger partial charge on any atom is 0.491 e. The van der Waals surface area contributed by atoms with E-state index in [0.29, 0.717) is 37.7 Å². The Kier molecular flexibility index (Phi) is 11.3. The second-order valence-corrected chi connectivity index (χ2v) is 9.88. The number of anilines is 4. The van der Waals surface area contributed by atoms with E-state index in [-0.39, 0.29) is 23.3 Å². The second-order valence-electron chi connectivity index (χ2n) is 9.88. The molecule has 0 aliphatic carbocycles. The topological polar surface area (TPSA) is 136 Å². The van der Waals surface area contributed by atoms with Crippen molar-refractivity contribution < 1.29 is 37.0 Å². The van der Waals surface area contributed by atoms with Crippen LogP contribution in [0.4, 0.5) is 36.2 Å². The number of aromatic nitrogens is 4. The molecule has 2 aromatic heterocycles. The molecule has 3 heterocycles. The summed E-state index contributed by atoms with van der Waals surface area (Å²) in [5.74, 6) is -3.97. The first-order valence-corrected chi connectivity index (χ1v) is 14.3. The molecule has 242 valence electrons. The fraction of sp³-hybridized carbons (Fsp3) is 0.414. The minimum Gasteiger partial charge on any atom is -0.437 e. The van der Waals surface area contributed by atoms with Crippen LogP contribution in [0.2, 0.25) is 0 Å². The number of morpholine rings is 1. The third-order valence-corrected chi connectivity index (χ3v) is 6.74. The lowest BCUT2D eigenvalue weighted by Gasteiger charge is -2.29. The first-order chi connectivity index (χ1) is 21.5. The maximum atomic E-state index is 12.5. The number of aryl methyl sites for hydroxylation is 1. The molecular weight excluding hydrogens is 597 g/mol. The number of amides is 1. The average molecular weight is 633 g/mol. The first kappa shape index (κ1) is 33.2. The fourth-order valence-corrected chi connectivity index (χ4v) is 4.36. The van der Waals surface area contributed by atoms with Crippen molar-refractivity contribution in [3.05, 3.63) is 55.2 Å². The molecule has 1 aliphatic heterocycles. The highest BCUT2D eigenvalue weighted by Crippen LogP contribution is 2.33. The molecule has 1 saturated heterocycles. The molecule has 16 heteroatoms. The molecular formula is C29H35F3N8O5. The standard InChI is InChI=1S/C29H35F3N8O5/c1-4-38(5-2)10-7-11-40-19-22(17-34-40)36-28-33-18-24(39-12-14-43-15-13-39)26(37-28)45-23-9-6-8-21(16-23)35-25(41)20(3)44-27(42)29(30,31)32/h6,8-9,16-19H,3-5,7,10-15H2,1-2H3,(H,35,41)(H,33,36,37). The zero-order chi connectivity index (χ0) is 32.4. The Labute approximate surface area is 258 Å². The second kappa shape index (κ2) is 15.3. The number of ether oxygens (including phenoxy) is 3. The average Bonchev–Trinajstić information content (AvgIpc) is 3.46. The van der Waals surface area contributed by atoms with Gasteiger partial charge in [-0.05, 0) is 38.2 Å². The van der Waals surface area contributed by atoms with Gasteiger partial charge in [-0.25, -0.2) is 9.78 Å². The van der Waals surface area contributed by atoms with Crippen LogP contribution in [0.3, 0.4) is 0 Å². The van der Waals surface area contributed by atoms with E-state index < -0.39 is 23.8 Å². The molecule has 1 amide bonds. The van der Waals surface area contributed by atoms with Crippen molar-refractivity contribution in [3.8, 4) is 11.6 Å². The first-order valence-electron chi connectivity index (χ1n) is 14.3. The van der Waals surface area contributed by atoms with Gasteiger partial charge in [-0.2, -0.15) is 23.3 Å². The Morgan fingerprint density at radius 3 is 2.60 bits per heavy atom. The lowest BCUT2D eigenvalue weighted by Crippen LogP contribution is -2.36. The predicted molar refractivity (Wildman–Crippen MR) is 159 cm³/mol. The SMILES string of the molecule is C=C(OC(=O)C(F)(F)F)C(=O)Nc1cccc(Oc2nc(Nc3cnn(CCCN(CC)CC)c3)ncc2N2CCOCC2)c1. The van der Waals surface area contributed by atoms with Gasteiger partial charge < -0.3 is 34.6 Å². The molecule has 4 rings (SSSR count). The summed E-state index contributed by atoms with van der Waals surface area (Å²) < 4.78 is 54.9. The zero-order valence-electron chi connectivity index (χ0n) is 25.0. The van der Waals surface area contributed by atoms with Gasteiger partial charge in [-0.1, -0.05) is 26.5 Å². The highest BCUT2D eigenvalue weighted by molar-refractivity contribution is 6.03. The Balaban J connectivity index is 1.47. The summed E-state index contributed by atoms with van der Waals surface area (Å²) in [6, 6.07) is 6.06. The Morgan fingerprint density at radius 2 is 1.89 bits per heavy atom. The number of nitrogens with zero attached hydrogens (tertiary/aromatic N) is 6. The van der Waals surface area contributed by atoms with E-state index in [1.165, 1.54) is 12.1 Å². The van der Waals surface area contributed by atoms with Gasteiger partial charge in [0.2, 0.25) is 11.8 Å². The number of hydrogen-bond acceptors (Lipinski definition) is 11. The summed E-state index contributed by atoms with van der Waals surface area (Å²) in [4.78, 5) is 36.8. The van der Waals surface area contributed by atoms with E-state index in [1.807, 2.05) is 15.8 Å². The van der Waals surface area contributed by atoms with Gasteiger partial charge >= 0.3 is 12.1 Å². The van der Waals surface area contributed by atoms with Crippen LogP contribution >= 0.6 is 0 Å². The normalized spacial score (nSPS) is 13.4. The van der Waals surface area contributed by atoms with Crippen molar-refractivity contribution >= 4 is 34.9 Å². The number of rotatable bonds is 14. The van der Waals surface area contributed by atoms with Gasteiger partial charge in [0.1, 0.15) is 11.4 Å². The molecule has 1 fully saturated rings. The van der Waals surface area contributed by atoms with Crippen LogP contribution in [0.1, 0.15) is 20.3 Å². The number of nitrogens with one attached hydrogen (secondary N) is 2. The molecule has 0 bridgehead atoms. The van der Waals surface area contributed by atoms with E-state index in [2.05, 4.69) is 55.8 Å². The molecule has 2 N–H and O–H groups in total. The molecule has 1 aliphatic rings. The van der Waals surface area contributed by atoms with E-state index in [0.717, 1.165) is 32.6 Å². The van der Waals surface area contributed by atoms with Crippen molar-refractivity contribution in [1.29, 1.82) is 0 Å². The monoisotopic (exact) mass is 632 g/mol. The molecule has 0 radical (unpaired) electrons. The third kappa shape index (κ3) is 9.64. The lowest BCUT2D eigenvalue weighted by molar-refractivity contribution is -0.195. The van der Waals surface area contributed by atoms with E-state index in [4.69, 9.17) is 9.47 Å².